The lowest BCUT2D eigenvalue weighted by atomic mass is 10.00. The van der Waals surface area contributed by atoms with E-state index in [0.29, 0.717) is 11.8 Å². The van der Waals surface area contributed by atoms with Gasteiger partial charge in [-0.1, -0.05) is 30.3 Å². The molecule has 1 N–H and O–H groups in total. The van der Waals surface area contributed by atoms with E-state index in [1.54, 1.807) is 0 Å². The van der Waals surface area contributed by atoms with Gasteiger partial charge in [0.25, 0.3) is 0 Å². The summed E-state index contributed by atoms with van der Waals surface area (Å²) in [6.07, 6.45) is 0. The molecule has 1 saturated heterocycles. The lowest BCUT2D eigenvalue weighted by Crippen LogP contribution is -2.36. The normalized spacial score (nSPS) is 20.3. The molecule has 2 atom stereocenters. The van der Waals surface area contributed by atoms with Crippen LogP contribution in [0.15, 0.2) is 30.3 Å². The Kier molecular flexibility index (Phi) is 5.62. The van der Waals surface area contributed by atoms with Gasteiger partial charge in [-0.3, -0.25) is 4.79 Å². The molecule has 0 bridgehead atoms. The van der Waals surface area contributed by atoms with Crippen LogP contribution in [-0.4, -0.2) is 35.0 Å². The maximum absolute atomic E-state index is 12.1. The summed E-state index contributed by atoms with van der Waals surface area (Å²) in [6, 6.07) is 11.3. The van der Waals surface area contributed by atoms with Gasteiger partial charge < -0.3 is 5.32 Å². The standard InChI is InChI=1S/C14H16N2OS2/c15-8-13(11-4-2-1-3-5-11)14(17)16-9-12-10-18-6-7-19-12/h1-5,12-13H,6-7,9-10H2,(H,16,17). The van der Waals surface area contributed by atoms with Gasteiger partial charge in [0.1, 0.15) is 5.92 Å². The highest BCUT2D eigenvalue weighted by atomic mass is 32.2. The van der Waals surface area contributed by atoms with Crippen molar-refractivity contribution in [1.82, 2.24) is 5.32 Å². The molecule has 100 valence electrons. The Bertz CT molecular complexity index is 452. The van der Waals surface area contributed by atoms with E-state index in [0.717, 1.165) is 17.1 Å². The van der Waals surface area contributed by atoms with Crippen molar-refractivity contribution in [3.63, 3.8) is 0 Å². The smallest absolute Gasteiger partial charge is 0.241 e. The molecule has 19 heavy (non-hydrogen) atoms. The molecule has 2 unspecified atom stereocenters. The van der Waals surface area contributed by atoms with Gasteiger partial charge in [-0.15, -0.1) is 0 Å². The minimum absolute atomic E-state index is 0.190. The summed E-state index contributed by atoms with van der Waals surface area (Å²) in [7, 11) is 0. The first-order valence-corrected chi connectivity index (χ1v) is 8.43. The van der Waals surface area contributed by atoms with Crippen LogP contribution in [0.4, 0.5) is 0 Å². The zero-order chi connectivity index (χ0) is 13.5. The van der Waals surface area contributed by atoms with Crippen molar-refractivity contribution in [1.29, 1.82) is 5.26 Å². The third kappa shape index (κ3) is 4.19. The number of benzene rings is 1. The summed E-state index contributed by atoms with van der Waals surface area (Å²) in [6.45, 7) is 0.654. The zero-order valence-electron chi connectivity index (χ0n) is 10.5. The maximum atomic E-state index is 12.1. The molecule has 2 rings (SSSR count). The van der Waals surface area contributed by atoms with Gasteiger partial charge in [-0.05, 0) is 5.56 Å². The molecule has 1 heterocycles. The molecule has 0 aliphatic carbocycles. The van der Waals surface area contributed by atoms with E-state index >= 15 is 0 Å². The number of nitrogens with one attached hydrogen (secondary N) is 1. The second-order valence-corrected chi connectivity index (χ2v) is 6.84. The van der Waals surface area contributed by atoms with Crippen LogP contribution in [0.3, 0.4) is 0 Å². The Labute approximate surface area is 122 Å². The van der Waals surface area contributed by atoms with E-state index in [-0.39, 0.29) is 5.91 Å². The molecular weight excluding hydrogens is 276 g/mol. The number of thioether (sulfide) groups is 2. The average Bonchev–Trinajstić information content (AvgIpc) is 2.48. The van der Waals surface area contributed by atoms with Crippen LogP contribution in [0, 0.1) is 11.3 Å². The first-order chi connectivity index (χ1) is 9.31. The van der Waals surface area contributed by atoms with Gasteiger partial charge in [-0.2, -0.15) is 28.8 Å². The molecule has 0 radical (unpaired) electrons. The number of carbonyl (C=O) groups excluding carboxylic acids is 1. The molecule has 1 aromatic carbocycles. The van der Waals surface area contributed by atoms with E-state index in [1.165, 1.54) is 5.75 Å². The highest BCUT2D eigenvalue weighted by Crippen LogP contribution is 2.23. The Balaban J connectivity index is 1.89. The predicted molar refractivity (Wildman–Crippen MR) is 81.4 cm³/mol. The highest BCUT2D eigenvalue weighted by molar-refractivity contribution is 8.06. The summed E-state index contributed by atoms with van der Waals surface area (Å²) in [5.74, 6) is 2.52. The quantitative estimate of drug-likeness (QED) is 0.925. The molecular formula is C14H16N2OS2. The molecule has 1 aliphatic rings. The number of hydrogen-bond donors (Lipinski definition) is 1. The van der Waals surface area contributed by atoms with Gasteiger partial charge in [0.15, 0.2) is 0 Å². The first-order valence-electron chi connectivity index (χ1n) is 6.23. The number of hydrogen-bond acceptors (Lipinski definition) is 4. The van der Waals surface area contributed by atoms with Crippen LogP contribution in [0.1, 0.15) is 11.5 Å². The van der Waals surface area contributed by atoms with Crippen molar-refractivity contribution in [2.45, 2.75) is 11.2 Å². The number of amides is 1. The van der Waals surface area contributed by atoms with Crippen LogP contribution in [0.2, 0.25) is 0 Å². The highest BCUT2D eigenvalue weighted by Gasteiger charge is 2.21. The van der Waals surface area contributed by atoms with Crippen molar-refractivity contribution in [3.05, 3.63) is 35.9 Å². The lowest BCUT2D eigenvalue weighted by molar-refractivity contribution is -0.121. The van der Waals surface area contributed by atoms with E-state index in [4.69, 9.17) is 5.26 Å². The second-order valence-electron chi connectivity index (χ2n) is 4.29. The summed E-state index contributed by atoms with van der Waals surface area (Å²) in [4.78, 5) is 12.1. The van der Waals surface area contributed by atoms with Crippen molar-refractivity contribution in [3.8, 4) is 6.07 Å². The fraction of sp³-hybridized carbons (Fsp3) is 0.429. The first kappa shape index (κ1) is 14.3. The van der Waals surface area contributed by atoms with Crippen molar-refractivity contribution < 1.29 is 4.79 Å². The third-order valence-electron chi connectivity index (χ3n) is 2.91. The lowest BCUT2D eigenvalue weighted by Gasteiger charge is -2.21. The Hall–Kier alpha value is -1.12. The van der Waals surface area contributed by atoms with Crippen molar-refractivity contribution in [2.75, 3.05) is 23.8 Å². The van der Waals surface area contributed by atoms with Gasteiger partial charge >= 0.3 is 0 Å². The van der Waals surface area contributed by atoms with Crippen LogP contribution in [-0.2, 0) is 4.79 Å². The minimum Gasteiger partial charge on any atom is -0.354 e. The number of rotatable bonds is 4. The monoisotopic (exact) mass is 292 g/mol. The molecule has 0 saturated carbocycles. The van der Waals surface area contributed by atoms with E-state index in [1.807, 2.05) is 53.9 Å². The van der Waals surface area contributed by atoms with E-state index in [9.17, 15) is 4.79 Å². The number of nitriles is 1. The minimum atomic E-state index is -0.706. The molecule has 5 heteroatoms. The largest absolute Gasteiger partial charge is 0.354 e. The van der Waals surface area contributed by atoms with Gasteiger partial charge in [0, 0.05) is 29.1 Å². The summed E-state index contributed by atoms with van der Waals surface area (Å²) in [5.41, 5.74) is 0.758. The summed E-state index contributed by atoms with van der Waals surface area (Å²) in [5, 5.41) is 12.5. The van der Waals surface area contributed by atoms with Gasteiger partial charge in [0.05, 0.1) is 6.07 Å². The molecule has 1 amide bonds. The molecule has 1 aromatic rings. The average molecular weight is 292 g/mol. The summed E-state index contributed by atoms with van der Waals surface area (Å²) < 4.78 is 0. The van der Waals surface area contributed by atoms with Crippen molar-refractivity contribution >= 4 is 29.4 Å². The second kappa shape index (κ2) is 7.46. The maximum Gasteiger partial charge on any atom is 0.241 e. The summed E-state index contributed by atoms with van der Waals surface area (Å²) >= 11 is 3.83. The van der Waals surface area contributed by atoms with Crippen molar-refractivity contribution in [2.24, 2.45) is 0 Å². The van der Waals surface area contributed by atoms with Crippen LogP contribution >= 0.6 is 23.5 Å². The molecule has 1 fully saturated rings. The molecule has 0 spiro atoms. The molecule has 0 aromatic heterocycles. The van der Waals surface area contributed by atoms with Crippen LogP contribution in [0.5, 0.6) is 0 Å². The zero-order valence-corrected chi connectivity index (χ0v) is 12.2. The molecule has 3 nitrogen and oxygen atoms in total. The van der Waals surface area contributed by atoms with E-state index in [2.05, 4.69) is 11.4 Å². The van der Waals surface area contributed by atoms with Gasteiger partial charge in [0.2, 0.25) is 5.91 Å². The SMILES string of the molecule is N#CC(C(=O)NCC1CSCCS1)c1ccccc1. The Morgan fingerprint density at radius 3 is 2.84 bits per heavy atom. The fourth-order valence-electron chi connectivity index (χ4n) is 1.90. The van der Waals surface area contributed by atoms with E-state index < -0.39 is 5.92 Å². The van der Waals surface area contributed by atoms with Crippen LogP contribution < -0.4 is 5.32 Å². The van der Waals surface area contributed by atoms with Gasteiger partial charge in [-0.25, -0.2) is 0 Å². The number of carbonyl (C=O) groups is 1. The fourth-order valence-corrected chi connectivity index (χ4v) is 4.51. The third-order valence-corrected chi connectivity index (χ3v) is 5.76. The number of nitrogens with zero attached hydrogens (tertiary/aromatic N) is 1. The predicted octanol–water partition coefficient (Wildman–Crippen LogP) is 2.26. The topological polar surface area (TPSA) is 52.9 Å². The van der Waals surface area contributed by atoms with Crippen LogP contribution in [0.25, 0.3) is 0 Å². The molecule has 1 aliphatic heterocycles. The Morgan fingerprint density at radius 2 is 2.21 bits per heavy atom. The Morgan fingerprint density at radius 1 is 1.42 bits per heavy atom.